The van der Waals surface area contributed by atoms with Crippen LogP contribution in [0.2, 0.25) is 0 Å². The molecule has 0 spiro atoms. The summed E-state index contributed by atoms with van der Waals surface area (Å²) in [5, 5.41) is 0. The van der Waals surface area contributed by atoms with Gasteiger partial charge in [0.15, 0.2) is 5.79 Å². The Morgan fingerprint density at radius 3 is 2.21 bits per heavy atom. The molecule has 0 aromatic heterocycles. The number of nitrogens with zero attached hydrogens (tertiary/aromatic N) is 1. The number of esters is 1. The van der Waals surface area contributed by atoms with Gasteiger partial charge in [-0.15, -0.1) is 0 Å². The molecule has 2 fully saturated rings. The number of hydrogen-bond acceptors (Lipinski definition) is 7. The van der Waals surface area contributed by atoms with Crippen LogP contribution in [0.3, 0.4) is 0 Å². The highest BCUT2D eigenvalue weighted by molar-refractivity contribution is 5.97. The summed E-state index contributed by atoms with van der Waals surface area (Å²) < 4.78 is 21.0. The second-order valence-corrected chi connectivity index (χ2v) is 7.11. The Balaban J connectivity index is 2.29. The van der Waals surface area contributed by atoms with E-state index in [1.165, 1.54) is 21.3 Å². The summed E-state index contributed by atoms with van der Waals surface area (Å²) in [7, 11) is 4.04. The predicted molar refractivity (Wildman–Crippen MR) is 81.8 cm³/mol. The van der Waals surface area contributed by atoms with Crippen LogP contribution in [0, 0.1) is 17.8 Å². The van der Waals surface area contributed by atoms with Crippen LogP contribution in [0.1, 0.15) is 27.2 Å². The van der Waals surface area contributed by atoms with Crippen molar-refractivity contribution in [3.8, 4) is 0 Å². The molecule has 1 saturated heterocycles. The Morgan fingerprint density at radius 1 is 1.17 bits per heavy atom. The van der Waals surface area contributed by atoms with Crippen molar-refractivity contribution in [1.82, 2.24) is 4.90 Å². The molecule has 0 aromatic rings. The molecular weight excluding hydrogens is 318 g/mol. The smallest absolute Gasteiger partial charge is 0.417 e. The van der Waals surface area contributed by atoms with E-state index in [0.29, 0.717) is 6.42 Å². The third kappa shape index (κ3) is 2.88. The van der Waals surface area contributed by atoms with E-state index in [4.69, 9.17) is 18.9 Å². The number of amides is 2. The summed E-state index contributed by atoms with van der Waals surface area (Å²) in [6.07, 6.45) is -0.359. The van der Waals surface area contributed by atoms with Gasteiger partial charge in [0.05, 0.1) is 13.0 Å². The molecular formula is C16H25NO7. The molecule has 8 nitrogen and oxygen atoms in total. The van der Waals surface area contributed by atoms with Gasteiger partial charge in [0.1, 0.15) is 11.5 Å². The number of ether oxygens (including phenoxy) is 4. The van der Waals surface area contributed by atoms with Crippen molar-refractivity contribution in [3.05, 3.63) is 0 Å². The van der Waals surface area contributed by atoms with Gasteiger partial charge in [-0.05, 0) is 33.1 Å². The topological polar surface area (TPSA) is 91.4 Å². The second-order valence-electron chi connectivity index (χ2n) is 7.11. The lowest BCUT2D eigenvalue weighted by Gasteiger charge is -2.35. The lowest BCUT2D eigenvalue weighted by Crippen LogP contribution is -2.51. The van der Waals surface area contributed by atoms with Crippen LogP contribution in [0.5, 0.6) is 0 Å². The van der Waals surface area contributed by atoms with E-state index in [1.54, 1.807) is 20.8 Å². The van der Waals surface area contributed by atoms with Gasteiger partial charge >= 0.3 is 12.1 Å². The summed E-state index contributed by atoms with van der Waals surface area (Å²) in [5.41, 5.74) is -0.705. The predicted octanol–water partition coefficient (Wildman–Crippen LogP) is 1.18. The quantitative estimate of drug-likeness (QED) is 0.561. The van der Waals surface area contributed by atoms with Crippen LogP contribution in [0.4, 0.5) is 4.79 Å². The van der Waals surface area contributed by atoms with Crippen molar-refractivity contribution in [2.75, 3.05) is 27.9 Å². The number of hydrogen-bond donors (Lipinski definition) is 0. The zero-order chi connectivity index (χ0) is 18.3. The fourth-order valence-corrected chi connectivity index (χ4v) is 3.70. The Labute approximate surface area is 141 Å². The number of likely N-dealkylation sites (tertiary alicyclic amines) is 1. The van der Waals surface area contributed by atoms with E-state index in [2.05, 4.69) is 0 Å². The van der Waals surface area contributed by atoms with E-state index in [0.717, 1.165) is 4.90 Å². The molecule has 24 heavy (non-hydrogen) atoms. The monoisotopic (exact) mass is 343 g/mol. The third-order valence-corrected chi connectivity index (χ3v) is 4.62. The highest BCUT2D eigenvalue weighted by atomic mass is 16.7. The zero-order valence-electron chi connectivity index (χ0n) is 15.0. The highest BCUT2D eigenvalue weighted by Crippen LogP contribution is 2.52. The summed E-state index contributed by atoms with van der Waals surface area (Å²) in [5.74, 6) is -4.13. The third-order valence-electron chi connectivity index (χ3n) is 4.62. The minimum absolute atomic E-state index is 0.167. The fraction of sp³-hybridized carbons (Fsp3) is 0.812. The normalized spacial score (nSPS) is 28.7. The van der Waals surface area contributed by atoms with Crippen LogP contribution < -0.4 is 0 Å². The number of imide groups is 1. The molecule has 1 aliphatic heterocycles. The minimum atomic E-state index is -1.44. The van der Waals surface area contributed by atoms with E-state index in [1.807, 2.05) is 0 Å². The first-order chi connectivity index (χ1) is 11.1. The maximum atomic E-state index is 12.8. The molecule has 136 valence electrons. The number of methoxy groups -OCH3 is 3. The number of carbonyl (C=O) groups is 3. The number of carbonyl (C=O) groups excluding carboxylic acids is 3. The van der Waals surface area contributed by atoms with Crippen molar-refractivity contribution in [2.45, 2.75) is 38.6 Å². The molecule has 1 heterocycles. The Hall–Kier alpha value is -1.67. The molecule has 0 N–H and O–H groups in total. The van der Waals surface area contributed by atoms with Crippen LogP contribution >= 0.6 is 0 Å². The van der Waals surface area contributed by atoms with Crippen molar-refractivity contribution in [3.63, 3.8) is 0 Å². The molecule has 0 aromatic carbocycles. The largest absolute Gasteiger partial charge is 0.469 e. The van der Waals surface area contributed by atoms with Gasteiger partial charge in [-0.3, -0.25) is 9.59 Å². The van der Waals surface area contributed by atoms with Gasteiger partial charge < -0.3 is 18.9 Å². The molecule has 2 amide bonds. The Morgan fingerprint density at radius 2 is 1.75 bits per heavy atom. The van der Waals surface area contributed by atoms with Gasteiger partial charge in [0.25, 0.3) is 0 Å². The molecule has 1 saturated carbocycles. The SMILES string of the molecule is COC(=O)[C@@H]1C[C@@H]2CN(C(=O)OC(C)(C)C)C(=O)[C@@H]2C1(OC)OC. The molecule has 0 bridgehead atoms. The summed E-state index contributed by atoms with van der Waals surface area (Å²) in [6.45, 7) is 5.36. The second kappa shape index (κ2) is 6.33. The van der Waals surface area contributed by atoms with Crippen LogP contribution in [-0.4, -0.2) is 62.1 Å². The Bertz CT molecular complexity index is 535. The summed E-state index contributed by atoms with van der Waals surface area (Å²) in [6, 6.07) is 0. The fourth-order valence-electron chi connectivity index (χ4n) is 3.70. The molecule has 1 aliphatic carbocycles. The number of fused-ring (bicyclic) bond motifs is 1. The van der Waals surface area contributed by atoms with Crippen LogP contribution in [0.25, 0.3) is 0 Å². The van der Waals surface area contributed by atoms with Gasteiger partial charge in [-0.1, -0.05) is 0 Å². The first kappa shape index (κ1) is 18.7. The molecule has 0 unspecified atom stereocenters. The van der Waals surface area contributed by atoms with E-state index in [-0.39, 0.29) is 12.5 Å². The van der Waals surface area contributed by atoms with E-state index < -0.39 is 41.2 Å². The molecule has 2 rings (SSSR count). The standard InChI is InChI=1S/C16H25NO7/c1-15(2,3)24-14(20)17-8-9-7-10(13(19)21-4)16(22-5,23-6)11(9)12(17)18/h9-11H,7-8H2,1-6H3/t9-,10+,11-/m1/s1. The first-order valence-corrected chi connectivity index (χ1v) is 7.83. The van der Waals surface area contributed by atoms with Gasteiger partial charge in [-0.25, -0.2) is 9.69 Å². The van der Waals surface area contributed by atoms with Crippen molar-refractivity contribution < 1.29 is 33.3 Å². The highest BCUT2D eigenvalue weighted by Gasteiger charge is 2.67. The molecule has 3 atom stereocenters. The van der Waals surface area contributed by atoms with Gasteiger partial charge in [-0.2, -0.15) is 0 Å². The lowest BCUT2D eigenvalue weighted by molar-refractivity contribution is -0.251. The average Bonchev–Trinajstić information content (AvgIpc) is 3.00. The number of rotatable bonds is 3. The molecule has 8 heteroatoms. The molecule has 0 radical (unpaired) electrons. The van der Waals surface area contributed by atoms with Crippen molar-refractivity contribution >= 4 is 18.0 Å². The van der Waals surface area contributed by atoms with Crippen molar-refractivity contribution in [1.29, 1.82) is 0 Å². The average molecular weight is 343 g/mol. The minimum Gasteiger partial charge on any atom is -0.469 e. The van der Waals surface area contributed by atoms with Crippen molar-refractivity contribution in [2.24, 2.45) is 17.8 Å². The first-order valence-electron chi connectivity index (χ1n) is 7.83. The van der Waals surface area contributed by atoms with Crippen LogP contribution in [-0.2, 0) is 28.5 Å². The zero-order valence-corrected chi connectivity index (χ0v) is 15.0. The van der Waals surface area contributed by atoms with Crippen LogP contribution in [0.15, 0.2) is 0 Å². The maximum absolute atomic E-state index is 12.8. The Kier molecular flexibility index (Phi) is 4.92. The van der Waals surface area contributed by atoms with Gasteiger partial charge in [0.2, 0.25) is 5.91 Å². The summed E-state index contributed by atoms with van der Waals surface area (Å²) >= 11 is 0. The molecule has 2 aliphatic rings. The van der Waals surface area contributed by atoms with E-state index >= 15 is 0 Å². The summed E-state index contributed by atoms with van der Waals surface area (Å²) in [4.78, 5) is 38.2. The van der Waals surface area contributed by atoms with E-state index in [9.17, 15) is 14.4 Å². The lowest BCUT2D eigenvalue weighted by atomic mass is 9.93. The van der Waals surface area contributed by atoms with Gasteiger partial charge in [0, 0.05) is 20.8 Å². The maximum Gasteiger partial charge on any atom is 0.417 e.